The van der Waals surface area contributed by atoms with E-state index in [1.54, 1.807) is 0 Å². The van der Waals surface area contributed by atoms with E-state index in [-0.39, 0.29) is 12.1 Å². The van der Waals surface area contributed by atoms with Gasteiger partial charge in [-0.15, -0.1) is 0 Å². The van der Waals surface area contributed by atoms with Gasteiger partial charge in [-0.2, -0.15) is 0 Å². The van der Waals surface area contributed by atoms with Crippen LogP contribution in [0.1, 0.15) is 39.2 Å². The molecule has 1 amide bonds. The highest BCUT2D eigenvalue weighted by atomic mass is 35.5. The second-order valence-electron chi connectivity index (χ2n) is 9.04. The third kappa shape index (κ3) is 5.31. The summed E-state index contributed by atoms with van der Waals surface area (Å²) in [4.78, 5) is 19.5. The van der Waals surface area contributed by atoms with E-state index < -0.39 is 5.60 Å². The predicted octanol–water partition coefficient (Wildman–Crippen LogP) is 5.23. The summed E-state index contributed by atoms with van der Waals surface area (Å²) >= 11 is 6.07. The molecular formula is C24H29ClN4O2. The number of aromatic nitrogens is 2. The summed E-state index contributed by atoms with van der Waals surface area (Å²) in [6.45, 7) is 7.92. The summed E-state index contributed by atoms with van der Waals surface area (Å²) in [5, 5.41) is 3.76. The number of hydrogen-bond donors (Lipinski definition) is 1. The van der Waals surface area contributed by atoms with Crippen LogP contribution in [0.2, 0.25) is 5.02 Å². The first kappa shape index (κ1) is 21.5. The van der Waals surface area contributed by atoms with E-state index in [2.05, 4.69) is 20.9 Å². The number of fused-ring (bicyclic) bond motifs is 1. The van der Waals surface area contributed by atoms with Crippen molar-refractivity contribution in [3.05, 3.63) is 59.1 Å². The van der Waals surface area contributed by atoms with Crippen LogP contribution in [0, 0.1) is 0 Å². The fraction of sp³-hybridized carbons (Fsp3) is 0.417. The van der Waals surface area contributed by atoms with Crippen molar-refractivity contribution in [2.75, 3.05) is 18.0 Å². The van der Waals surface area contributed by atoms with Gasteiger partial charge in [0.1, 0.15) is 5.60 Å². The summed E-state index contributed by atoms with van der Waals surface area (Å²) in [5.74, 6) is 0.923. The molecule has 1 N–H and O–H groups in total. The Morgan fingerprint density at radius 2 is 1.94 bits per heavy atom. The SMILES string of the molecule is CC(C)(C)OC(=O)N[C@@H]1CCCN(c2nc3ccccc3n2Cc2ccc(Cl)cc2)C1. The lowest BCUT2D eigenvalue weighted by Crippen LogP contribution is -2.49. The first-order valence-electron chi connectivity index (χ1n) is 10.7. The Kier molecular flexibility index (Phi) is 6.10. The van der Waals surface area contributed by atoms with Crippen LogP contribution >= 0.6 is 11.6 Å². The van der Waals surface area contributed by atoms with Crippen LogP contribution in [-0.2, 0) is 11.3 Å². The van der Waals surface area contributed by atoms with Gasteiger partial charge in [-0.3, -0.25) is 0 Å². The molecule has 31 heavy (non-hydrogen) atoms. The fourth-order valence-corrected chi connectivity index (χ4v) is 4.11. The molecule has 1 fully saturated rings. The number of anilines is 1. The van der Waals surface area contributed by atoms with Crippen molar-refractivity contribution in [3.8, 4) is 0 Å². The Balaban J connectivity index is 1.58. The Labute approximate surface area is 188 Å². The van der Waals surface area contributed by atoms with Gasteiger partial charge in [0.15, 0.2) is 0 Å². The van der Waals surface area contributed by atoms with E-state index in [4.69, 9.17) is 21.3 Å². The number of amides is 1. The molecule has 0 spiro atoms. The topological polar surface area (TPSA) is 59.4 Å². The summed E-state index contributed by atoms with van der Waals surface area (Å²) in [5.41, 5.74) is 2.71. The van der Waals surface area contributed by atoms with Gasteiger partial charge in [-0.1, -0.05) is 35.9 Å². The van der Waals surface area contributed by atoms with Crippen LogP contribution in [-0.4, -0.2) is 40.4 Å². The van der Waals surface area contributed by atoms with Gasteiger partial charge in [0, 0.05) is 24.2 Å². The third-order valence-electron chi connectivity index (χ3n) is 5.31. The minimum absolute atomic E-state index is 0.0207. The van der Waals surface area contributed by atoms with E-state index in [0.717, 1.165) is 47.0 Å². The molecule has 1 aromatic heterocycles. The number of ether oxygens (including phenoxy) is 1. The minimum atomic E-state index is -0.509. The molecule has 0 saturated carbocycles. The number of nitrogens with one attached hydrogen (secondary N) is 1. The highest BCUT2D eigenvalue weighted by Gasteiger charge is 2.27. The number of piperidine rings is 1. The summed E-state index contributed by atoms with van der Waals surface area (Å²) in [6.07, 6.45) is 1.53. The van der Waals surface area contributed by atoms with Gasteiger partial charge in [0.25, 0.3) is 0 Å². The largest absolute Gasteiger partial charge is 0.444 e. The van der Waals surface area contributed by atoms with Crippen LogP contribution in [0.3, 0.4) is 0 Å². The van der Waals surface area contributed by atoms with Crippen molar-refractivity contribution < 1.29 is 9.53 Å². The number of carbonyl (C=O) groups is 1. The molecule has 0 aliphatic carbocycles. The molecule has 2 aromatic carbocycles. The van der Waals surface area contributed by atoms with Gasteiger partial charge >= 0.3 is 6.09 Å². The van der Waals surface area contributed by atoms with Crippen molar-refractivity contribution in [2.45, 2.75) is 51.8 Å². The number of carbonyl (C=O) groups excluding carboxylic acids is 1. The van der Waals surface area contributed by atoms with Crippen molar-refractivity contribution in [1.29, 1.82) is 0 Å². The highest BCUT2D eigenvalue weighted by Crippen LogP contribution is 2.27. The third-order valence-corrected chi connectivity index (χ3v) is 5.57. The number of para-hydroxylation sites is 2. The second kappa shape index (κ2) is 8.79. The molecule has 1 aliphatic heterocycles. The predicted molar refractivity (Wildman–Crippen MR) is 125 cm³/mol. The molecule has 2 heterocycles. The second-order valence-corrected chi connectivity index (χ2v) is 9.48. The molecule has 1 atom stereocenters. The molecule has 6 nitrogen and oxygen atoms in total. The number of hydrogen-bond acceptors (Lipinski definition) is 4. The lowest BCUT2D eigenvalue weighted by atomic mass is 10.1. The van der Waals surface area contributed by atoms with Crippen molar-refractivity contribution in [1.82, 2.24) is 14.9 Å². The number of rotatable bonds is 4. The number of benzene rings is 2. The minimum Gasteiger partial charge on any atom is -0.444 e. The van der Waals surface area contributed by atoms with Gasteiger partial charge in [0.2, 0.25) is 5.95 Å². The maximum atomic E-state index is 12.3. The molecule has 164 valence electrons. The Bertz CT molecular complexity index is 1060. The quantitative estimate of drug-likeness (QED) is 0.603. The van der Waals surface area contributed by atoms with Gasteiger partial charge < -0.3 is 19.5 Å². The average Bonchev–Trinajstić information content (AvgIpc) is 3.07. The van der Waals surface area contributed by atoms with Crippen molar-refractivity contribution >= 4 is 34.7 Å². The first-order valence-corrected chi connectivity index (χ1v) is 11.1. The maximum Gasteiger partial charge on any atom is 0.407 e. The zero-order valence-electron chi connectivity index (χ0n) is 18.3. The van der Waals surface area contributed by atoms with Gasteiger partial charge in [0.05, 0.1) is 17.6 Å². The van der Waals surface area contributed by atoms with E-state index >= 15 is 0 Å². The number of alkyl carbamates (subject to hydrolysis) is 1. The van der Waals surface area contributed by atoms with E-state index in [1.165, 1.54) is 0 Å². The van der Waals surface area contributed by atoms with Gasteiger partial charge in [-0.25, -0.2) is 9.78 Å². The van der Waals surface area contributed by atoms with Crippen molar-refractivity contribution in [3.63, 3.8) is 0 Å². The van der Waals surface area contributed by atoms with E-state index in [9.17, 15) is 4.79 Å². The maximum absolute atomic E-state index is 12.3. The fourth-order valence-electron chi connectivity index (χ4n) is 3.98. The van der Waals surface area contributed by atoms with Crippen LogP contribution in [0.5, 0.6) is 0 Å². The number of halogens is 1. The van der Waals surface area contributed by atoms with Crippen molar-refractivity contribution in [2.24, 2.45) is 0 Å². The average molecular weight is 441 g/mol. The highest BCUT2D eigenvalue weighted by molar-refractivity contribution is 6.30. The molecule has 0 bridgehead atoms. The van der Waals surface area contributed by atoms with Gasteiger partial charge in [-0.05, 0) is 63.4 Å². The zero-order chi connectivity index (χ0) is 22.0. The zero-order valence-corrected chi connectivity index (χ0v) is 19.0. The summed E-state index contributed by atoms with van der Waals surface area (Å²) in [6, 6.07) is 16.1. The standard InChI is InChI=1S/C24H29ClN4O2/c1-24(2,3)31-23(30)26-19-7-6-14-28(16-19)22-27-20-8-4-5-9-21(20)29(22)15-17-10-12-18(25)13-11-17/h4-5,8-13,19H,6-7,14-16H2,1-3H3,(H,26,30)/t19-/m1/s1. The lowest BCUT2D eigenvalue weighted by Gasteiger charge is -2.34. The van der Waals surface area contributed by atoms with E-state index in [0.29, 0.717) is 13.1 Å². The van der Waals surface area contributed by atoms with Crippen LogP contribution < -0.4 is 10.2 Å². The van der Waals surface area contributed by atoms with Crippen LogP contribution in [0.25, 0.3) is 11.0 Å². The molecular weight excluding hydrogens is 412 g/mol. The molecule has 4 rings (SSSR count). The van der Waals surface area contributed by atoms with Crippen LogP contribution in [0.4, 0.5) is 10.7 Å². The Hall–Kier alpha value is -2.73. The molecule has 3 aromatic rings. The lowest BCUT2D eigenvalue weighted by molar-refractivity contribution is 0.0500. The molecule has 1 saturated heterocycles. The molecule has 7 heteroatoms. The van der Waals surface area contributed by atoms with E-state index in [1.807, 2.05) is 63.2 Å². The molecule has 0 radical (unpaired) electrons. The first-order chi connectivity index (χ1) is 14.8. The number of nitrogens with zero attached hydrogens (tertiary/aromatic N) is 3. The smallest absolute Gasteiger partial charge is 0.407 e. The monoisotopic (exact) mass is 440 g/mol. The summed E-state index contributed by atoms with van der Waals surface area (Å²) in [7, 11) is 0. The molecule has 0 unspecified atom stereocenters. The number of imidazole rings is 1. The molecule has 1 aliphatic rings. The normalized spacial score (nSPS) is 17.0. The Morgan fingerprint density at radius 1 is 1.19 bits per heavy atom. The summed E-state index contributed by atoms with van der Waals surface area (Å²) < 4.78 is 7.69. The van der Waals surface area contributed by atoms with Crippen LogP contribution in [0.15, 0.2) is 48.5 Å². The Morgan fingerprint density at radius 3 is 2.68 bits per heavy atom.